The molecule has 1 rings (SSSR count). The number of aromatic carboxylic acids is 1. The molecule has 0 radical (unpaired) electrons. The topological polar surface area (TPSA) is 92.4 Å². The van der Waals surface area contributed by atoms with Gasteiger partial charge in [0.05, 0.1) is 17.8 Å². The fourth-order valence-electron chi connectivity index (χ4n) is 1.30. The van der Waals surface area contributed by atoms with Crippen LogP contribution in [0.3, 0.4) is 0 Å². The van der Waals surface area contributed by atoms with Crippen molar-refractivity contribution in [2.24, 2.45) is 5.73 Å². The summed E-state index contributed by atoms with van der Waals surface area (Å²) in [5, 5.41) is 11.4. The fraction of sp³-hybridized carbons (Fsp3) is 0.273. The predicted molar refractivity (Wildman–Crippen MR) is 60.5 cm³/mol. The minimum atomic E-state index is -1.07. The average Bonchev–Trinajstić information content (AvgIpc) is 2.29. The number of carbonyl (C=O) groups is 2. The number of benzene rings is 1. The summed E-state index contributed by atoms with van der Waals surface area (Å²) in [6.45, 7) is 1.76. The van der Waals surface area contributed by atoms with Crippen LogP contribution in [-0.2, 0) is 11.2 Å². The van der Waals surface area contributed by atoms with Crippen molar-refractivity contribution < 1.29 is 14.7 Å². The summed E-state index contributed by atoms with van der Waals surface area (Å²) in [5.74, 6) is -1.48. The third-order valence-corrected chi connectivity index (χ3v) is 2.18. The van der Waals surface area contributed by atoms with Gasteiger partial charge in [0.25, 0.3) is 0 Å². The van der Waals surface area contributed by atoms with Crippen LogP contribution >= 0.6 is 0 Å². The van der Waals surface area contributed by atoms with Crippen molar-refractivity contribution in [1.29, 1.82) is 0 Å². The molecule has 0 aliphatic carbocycles. The van der Waals surface area contributed by atoms with E-state index in [1.807, 2.05) is 6.92 Å². The predicted octanol–water partition coefficient (Wildman–Crippen LogP) is 0.844. The number of nitrogens with one attached hydrogen (secondary N) is 1. The lowest BCUT2D eigenvalue weighted by Gasteiger charge is -2.08. The maximum absolute atomic E-state index is 11.1. The first-order valence-corrected chi connectivity index (χ1v) is 4.94. The lowest BCUT2D eigenvalue weighted by Crippen LogP contribution is -2.23. The van der Waals surface area contributed by atoms with Gasteiger partial charge in [-0.3, -0.25) is 4.79 Å². The van der Waals surface area contributed by atoms with E-state index < -0.39 is 11.9 Å². The Hall–Kier alpha value is -1.88. The Bertz CT molecular complexity index is 416. The molecule has 1 aromatic rings. The van der Waals surface area contributed by atoms with E-state index in [1.165, 1.54) is 0 Å². The highest BCUT2D eigenvalue weighted by molar-refractivity contribution is 6.01. The van der Waals surface area contributed by atoms with Gasteiger partial charge in [-0.15, -0.1) is 0 Å². The molecule has 0 saturated carbocycles. The summed E-state index contributed by atoms with van der Waals surface area (Å²) in [5.41, 5.74) is 6.41. The van der Waals surface area contributed by atoms with Gasteiger partial charge in [0, 0.05) is 0 Å². The van der Waals surface area contributed by atoms with Crippen LogP contribution < -0.4 is 11.1 Å². The second-order valence-electron chi connectivity index (χ2n) is 3.29. The number of rotatable bonds is 4. The van der Waals surface area contributed by atoms with Gasteiger partial charge in [0.2, 0.25) is 5.91 Å². The molecule has 0 heterocycles. The van der Waals surface area contributed by atoms with Crippen molar-refractivity contribution >= 4 is 17.6 Å². The molecule has 4 N–H and O–H groups in total. The Morgan fingerprint density at radius 1 is 1.44 bits per heavy atom. The summed E-state index contributed by atoms with van der Waals surface area (Å²) in [4.78, 5) is 22.1. The van der Waals surface area contributed by atoms with Crippen LogP contribution in [0.2, 0.25) is 0 Å². The SMILES string of the molecule is CCc1ccc(NC(=O)CN)c(C(=O)O)c1. The van der Waals surface area contributed by atoms with Crippen molar-refractivity contribution in [3.05, 3.63) is 29.3 Å². The van der Waals surface area contributed by atoms with E-state index in [0.717, 1.165) is 12.0 Å². The molecule has 0 bridgehead atoms. The molecule has 5 nitrogen and oxygen atoms in total. The minimum absolute atomic E-state index is 0.0844. The van der Waals surface area contributed by atoms with Crippen molar-refractivity contribution in [3.8, 4) is 0 Å². The van der Waals surface area contributed by atoms with Crippen LogP contribution in [0.25, 0.3) is 0 Å². The lowest BCUT2D eigenvalue weighted by molar-refractivity contribution is -0.114. The van der Waals surface area contributed by atoms with Crippen LogP contribution in [0.4, 0.5) is 5.69 Å². The number of amides is 1. The van der Waals surface area contributed by atoms with E-state index >= 15 is 0 Å². The minimum Gasteiger partial charge on any atom is -0.478 e. The fourth-order valence-corrected chi connectivity index (χ4v) is 1.30. The largest absolute Gasteiger partial charge is 0.478 e. The third kappa shape index (κ3) is 2.80. The molecule has 5 heteroatoms. The van der Waals surface area contributed by atoms with E-state index in [-0.39, 0.29) is 17.8 Å². The summed E-state index contributed by atoms with van der Waals surface area (Å²) in [7, 11) is 0. The Balaban J connectivity index is 3.08. The third-order valence-electron chi connectivity index (χ3n) is 2.18. The van der Waals surface area contributed by atoms with Gasteiger partial charge < -0.3 is 16.2 Å². The Kier molecular flexibility index (Phi) is 4.02. The van der Waals surface area contributed by atoms with Gasteiger partial charge in [-0.1, -0.05) is 13.0 Å². The number of carboxylic acids is 1. The summed E-state index contributed by atoms with van der Waals surface area (Å²) in [6.07, 6.45) is 0.741. The molecule has 86 valence electrons. The van der Waals surface area contributed by atoms with E-state index in [1.54, 1.807) is 18.2 Å². The van der Waals surface area contributed by atoms with Crippen LogP contribution in [0.5, 0.6) is 0 Å². The van der Waals surface area contributed by atoms with Crippen molar-refractivity contribution in [3.63, 3.8) is 0 Å². The number of hydrogen-bond acceptors (Lipinski definition) is 3. The van der Waals surface area contributed by atoms with Crippen LogP contribution in [0.1, 0.15) is 22.8 Å². The van der Waals surface area contributed by atoms with E-state index in [2.05, 4.69) is 5.32 Å². The maximum atomic E-state index is 11.1. The average molecular weight is 222 g/mol. The van der Waals surface area contributed by atoms with E-state index in [4.69, 9.17) is 10.8 Å². The zero-order chi connectivity index (χ0) is 12.1. The number of nitrogens with two attached hydrogens (primary N) is 1. The Morgan fingerprint density at radius 2 is 2.12 bits per heavy atom. The summed E-state index contributed by atoms with van der Waals surface area (Å²) in [6, 6.07) is 4.91. The van der Waals surface area contributed by atoms with Crippen LogP contribution in [0.15, 0.2) is 18.2 Å². The molecule has 0 atom stereocenters. The molecule has 0 unspecified atom stereocenters. The number of hydrogen-bond donors (Lipinski definition) is 3. The number of carbonyl (C=O) groups excluding carboxylic acids is 1. The molecule has 0 aliphatic heterocycles. The zero-order valence-corrected chi connectivity index (χ0v) is 8.99. The molecule has 1 aromatic carbocycles. The normalized spacial score (nSPS) is 9.88. The standard InChI is InChI=1S/C11H14N2O3/c1-2-7-3-4-9(13-10(14)6-12)8(5-7)11(15)16/h3-5H,2,6,12H2,1H3,(H,13,14)(H,15,16). The molecule has 16 heavy (non-hydrogen) atoms. The first-order chi connectivity index (χ1) is 7.58. The molecule has 0 aliphatic rings. The monoisotopic (exact) mass is 222 g/mol. The quantitative estimate of drug-likeness (QED) is 0.704. The van der Waals surface area contributed by atoms with Gasteiger partial charge >= 0.3 is 5.97 Å². The number of carboxylic acid groups (broad SMARTS) is 1. The highest BCUT2D eigenvalue weighted by atomic mass is 16.4. The van der Waals surface area contributed by atoms with Crippen LogP contribution in [-0.4, -0.2) is 23.5 Å². The van der Waals surface area contributed by atoms with Gasteiger partial charge in [-0.2, -0.15) is 0 Å². The highest BCUT2D eigenvalue weighted by Gasteiger charge is 2.12. The molecular weight excluding hydrogens is 208 g/mol. The first-order valence-electron chi connectivity index (χ1n) is 4.94. The Morgan fingerprint density at radius 3 is 2.62 bits per heavy atom. The zero-order valence-electron chi connectivity index (χ0n) is 8.99. The highest BCUT2D eigenvalue weighted by Crippen LogP contribution is 2.18. The number of aryl methyl sites for hydroxylation is 1. The van der Waals surface area contributed by atoms with Crippen molar-refractivity contribution in [2.45, 2.75) is 13.3 Å². The van der Waals surface area contributed by atoms with Gasteiger partial charge in [-0.05, 0) is 24.1 Å². The maximum Gasteiger partial charge on any atom is 0.337 e. The Labute approximate surface area is 93.3 Å². The van der Waals surface area contributed by atoms with Crippen LogP contribution in [0, 0.1) is 0 Å². The molecular formula is C11H14N2O3. The molecule has 0 saturated heterocycles. The number of anilines is 1. The second kappa shape index (κ2) is 5.27. The van der Waals surface area contributed by atoms with Gasteiger partial charge in [-0.25, -0.2) is 4.79 Å². The van der Waals surface area contributed by atoms with E-state index in [9.17, 15) is 9.59 Å². The van der Waals surface area contributed by atoms with Gasteiger partial charge in [0.15, 0.2) is 0 Å². The molecule has 0 aromatic heterocycles. The smallest absolute Gasteiger partial charge is 0.337 e. The van der Waals surface area contributed by atoms with Crippen molar-refractivity contribution in [2.75, 3.05) is 11.9 Å². The lowest BCUT2D eigenvalue weighted by atomic mass is 10.1. The molecule has 0 spiro atoms. The van der Waals surface area contributed by atoms with E-state index in [0.29, 0.717) is 0 Å². The summed E-state index contributed by atoms with van der Waals surface area (Å²) < 4.78 is 0. The summed E-state index contributed by atoms with van der Waals surface area (Å²) >= 11 is 0. The van der Waals surface area contributed by atoms with Crippen molar-refractivity contribution in [1.82, 2.24) is 0 Å². The molecule has 0 fully saturated rings. The first kappa shape index (κ1) is 12.2. The second-order valence-corrected chi connectivity index (χ2v) is 3.29. The molecule has 1 amide bonds. The van der Waals surface area contributed by atoms with Gasteiger partial charge in [0.1, 0.15) is 0 Å².